The van der Waals surface area contributed by atoms with E-state index in [2.05, 4.69) is 15.6 Å². The molecule has 2 unspecified atom stereocenters. The first-order valence-corrected chi connectivity index (χ1v) is 11.1. The number of pyridine rings is 1. The van der Waals surface area contributed by atoms with Crippen molar-refractivity contribution in [1.82, 2.24) is 20.5 Å². The van der Waals surface area contributed by atoms with E-state index in [4.69, 9.17) is 4.74 Å². The molecule has 4 heterocycles. The molecule has 3 aliphatic heterocycles. The number of carbonyl (C=O) groups is 4. The van der Waals surface area contributed by atoms with Crippen molar-refractivity contribution in [2.45, 2.75) is 37.9 Å². The molecule has 5 rings (SSSR count). The monoisotopic (exact) mass is 448 g/mol. The third-order valence-corrected chi connectivity index (χ3v) is 6.52. The highest BCUT2D eigenvalue weighted by Crippen LogP contribution is 2.30. The third-order valence-electron chi connectivity index (χ3n) is 6.52. The molecule has 0 spiro atoms. The highest BCUT2D eigenvalue weighted by Gasteiger charge is 2.39. The molecule has 2 aromatic rings. The number of ether oxygens (including phenoxy) is 1. The minimum absolute atomic E-state index is 0.128. The maximum Gasteiger partial charge on any atom is 0.255 e. The highest BCUT2D eigenvalue weighted by molar-refractivity contribution is 6.06. The van der Waals surface area contributed by atoms with Crippen LogP contribution in [0.2, 0.25) is 0 Å². The second-order valence-electron chi connectivity index (χ2n) is 8.60. The fourth-order valence-corrected chi connectivity index (χ4v) is 4.75. The van der Waals surface area contributed by atoms with Crippen LogP contribution in [0.1, 0.15) is 57.3 Å². The standard InChI is InChI=1S/C24H24N4O5/c29-20-7-6-19(23(31)26-20)28-12-16-11-14(4-5-17(16)24(28)32)22(30)27-21(15-8-10-33-13-15)18-3-1-2-9-25-18/h1-5,9,11,15,19,21H,6-8,10,12-13H2,(H,27,30)(H,26,29,31)/t15?,19?,21-/m1/s1. The van der Waals surface area contributed by atoms with Gasteiger partial charge in [-0.2, -0.15) is 0 Å². The molecule has 0 bridgehead atoms. The second kappa shape index (κ2) is 8.74. The van der Waals surface area contributed by atoms with Gasteiger partial charge in [-0.3, -0.25) is 29.5 Å². The average Bonchev–Trinajstić information content (AvgIpc) is 3.46. The van der Waals surface area contributed by atoms with Crippen molar-refractivity contribution in [1.29, 1.82) is 0 Å². The van der Waals surface area contributed by atoms with E-state index in [9.17, 15) is 19.2 Å². The number of amides is 4. The summed E-state index contributed by atoms with van der Waals surface area (Å²) < 4.78 is 5.53. The highest BCUT2D eigenvalue weighted by atomic mass is 16.5. The Balaban J connectivity index is 1.34. The van der Waals surface area contributed by atoms with Crippen LogP contribution in [-0.2, 0) is 20.9 Å². The van der Waals surface area contributed by atoms with Crippen molar-refractivity contribution in [3.63, 3.8) is 0 Å². The molecule has 170 valence electrons. The lowest BCUT2D eigenvalue weighted by molar-refractivity contribution is -0.136. The van der Waals surface area contributed by atoms with Crippen LogP contribution >= 0.6 is 0 Å². The van der Waals surface area contributed by atoms with Crippen molar-refractivity contribution in [2.24, 2.45) is 5.92 Å². The molecule has 0 radical (unpaired) electrons. The zero-order valence-electron chi connectivity index (χ0n) is 18.0. The third kappa shape index (κ3) is 4.11. The summed E-state index contributed by atoms with van der Waals surface area (Å²) >= 11 is 0. The minimum Gasteiger partial charge on any atom is -0.381 e. The van der Waals surface area contributed by atoms with E-state index in [0.29, 0.717) is 36.3 Å². The van der Waals surface area contributed by atoms with Gasteiger partial charge in [0.1, 0.15) is 6.04 Å². The predicted molar refractivity (Wildman–Crippen MR) is 116 cm³/mol. The zero-order valence-corrected chi connectivity index (χ0v) is 18.0. The summed E-state index contributed by atoms with van der Waals surface area (Å²) in [6.07, 6.45) is 3.03. The first kappa shape index (κ1) is 21.3. The van der Waals surface area contributed by atoms with Gasteiger partial charge in [-0.25, -0.2) is 0 Å². The van der Waals surface area contributed by atoms with E-state index in [1.54, 1.807) is 24.4 Å². The minimum atomic E-state index is -0.684. The number of imide groups is 1. The lowest BCUT2D eigenvalue weighted by Crippen LogP contribution is -2.52. The van der Waals surface area contributed by atoms with Gasteiger partial charge in [0.05, 0.1) is 18.3 Å². The number of rotatable bonds is 5. The largest absolute Gasteiger partial charge is 0.381 e. The fourth-order valence-electron chi connectivity index (χ4n) is 4.75. The second-order valence-corrected chi connectivity index (χ2v) is 8.60. The molecule has 0 saturated carbocycles. The summed E-state index contributed by atoms with van der Waals surface area (Å²) in [4.78, 5) is 55.6. The van der Waals surface area contributed by atoms with Crippen molar-refractivity contribution in [2.75, 3.05) is 13.2 Å². The van der Waals surface area contributed by atoms with E-state index >= 15 is 0 Å². The molecule has 4 amide bonds. The Bertz CT molecular complexity index is 1110. The Morgan fingerprint density at radius 3 is 2.79 bits per heavy atom. The van der Waals surface area contributed by atoms with Gasteiger partial charge in [-0.05, 0) is 48.7 Å². The van der Waals surface area contributed by atoms with Crippen LogP contribution in [0.3, 0.4) is 0 Å². The van der Waals surface area contributed by atoms with E-state index < -0.39 is 11.9 Å². The fraction of sp³-hybridized carbons (Fsp3) is 0.375. The Labute approximate surface area is 190 Å². The van der Waals surface area contributed by atoms with Crippen LogP contribution in [0.4, 0.5) is 0 Å². The number of carbonyl (C=O) groups excluding carboxylic acids is 4. The molecular formula is C24H24N4O5. The summed E-state index contributed by atoms with van der Waals surface area (Å²) in [5, 5.41) is 5.39. The number of benzene rings is 1. The van der Waals surface area contributed by atoms with Gasteiger partial charge in [0.15, 0.2) is 0 Å². The molecule has 9 nitrogen and oxygen atoms in total. The normalized spacial score (nSPS) is 23.3. The van der Waals surface area contributed by atoms with E-state index in [1.165, 1.54) is 4.90 Å². The van der Waals surface area contributed by atoms with Crippen molar-refractivity contribution >= 4 is 23.6 Å². The Kier molecular flexibility index (Phi) is 5.63. The molecule has 2 saturated heterocycles. The Morgan fingerprint density at radius 1 is 1.18 bits per heavy atom. The van der Waals surface area contributed by atoms with Gasteiger partial charge >= 0.3 is 0 Å². The maximum atomic E-state index is 13.2. The molecule has 3 aliphatic rings. The molecule has 33 heavy (non-hydrogen) atoms. The number of fused-ring (bicyclic) bond motifs is 1. The summed E-state index contributed by atoms with van der Waals surface area (Å²) in [6.45, 7) is 1.43. The SMILES string of the molecule is O=C1CCC(N2Cc3cc(C(=O)N[C@@H](c4ccccn4)C4CCOC4)ccc3C2=O)C(=O)N1. The molecule has 2 fully saturated rings. The molecule has 0 aliphatic carbocycles. The lowest BCUT2D eigenvalue weighted by Gasteiger charge is -2.29. The van der Waals surface area contributed by atoms with Gasteiger partial charge in [0.25, 0.3) is 11.8 Å². The molecule has 9 heteroatoms. The van der Waals surface area contributed by atoms with Gasteiger partial charge < -0.3 is 15.0 Å². The number of aromatic nitrogens is 1. The summed E-state index contributed by atoms with van der Waals surface area (Å²) in [7, 11) is 0. The van der Waals surface area contributed by atoms with Gasteiger partial charge in [0.2, 0.25) is 11.8 Å². The number of piperidine rings is 1. The quantitative estimate of drug-likeness (QED) is 0.667. The predicted octanol–water partition coefficient (Wildman–Crippen LogP) is 1.35. The van der Waals surface area contributed by atoms with E-state index in [0.717, 1.165) is 12.1 Å². The number of nitrogens with zero attached hydrogens (tertiary/aromatic N) is 2. The lowest BCUT2D eigenvalue weighted by atomic mass is 9.95. The first-order chi connectivity index (χ1) is 16.0. The van der Waals surface area contributed by atoms with Gasteiger partial charge in [0, 0.05) is 42.8 Å². The van der Waals surface area contributed by atoms with Crippen molar-refractivity contribution in [3.8, 4) is 0 Å². The zero-order chi connectivity index (χ0) is 22.9. The number of hydrogen-bond acceptors (Lipinski definition) is 6. The number of hydrogen-bond donors (Lipinski definition) is 2. The van der Waals surface area contributed by atoms with Crippen molar-refractivity contribution < 1.29 is 23.9 Å². The average molecular weight is 448 g/mol. The summed E-state index contributed by atoms with van der Waals surface area (Å²) in [5.41, 5.74) is 2.38. The molecule has 1 aromatic carbocycles. The maximum absolute atomic E-state index is 13.2. The van der Waals surface area contributed by atoms with Crippen LogP contribution in [0.5, 0.6) is 0 Å². The van der Waals surface area contributed by atoms with Crippen LogP contribution in [0.15, 0.2) is 42.6 Å². The summed E-state index contributed by atoms with van der Waals surface area (Å²) in [6, 6.07) is 9.61. The van der Waals surface area contributed by atoms with Gasteiger partial charge in [-0.15, -0.1) is 0 Å². The summed E-state index contributed by atoms with van der Waals surface area (Å²) in [5.74, 6) is -1.17. The number of nitrogens with one attached hydrogen (secondary N) is 2. The molecule has 2 N–H and O–H groups in total. The molecular weight excluding hydrogens is 424 g/mol. The smallest absolute Gasteiger partial charge is 0.255 e. The van der Waals surface area contributed by atoms with Crippen LogP contribution in [0.25, 0.3) is 0 Å². The molecule has 1 aromatic heterocycles. The first-order valence-electron chi connectivity index (χ1n) is 11.1. The topological polar surface area (TPSA) is 118 Å². The van der Waals surface area contributed by atoms with Crippen LogP contribution < -0.4 is 10.6 Å². The van der Waals surface area contributed by atoms with Crippen LogP contribution in [-0.4, -0.2) is 52.8 Å². The Morgan fingerprint density at radius 2 is 2.06 bits per heavy atom. The molecule has 3 atom stereocenters. The van der Waals surface area contributed by atoms with E-state index in [-0.39, 0.29) is 42.6 Å². The van der Waals surface area contributed by atoms with Crippen molar-refractivity contribution in [3.05, 3.63) is 65.0 Å². The van der Waals surface area contributed by atoms with E-state index in [1.807, 2.05) is 18.2 Å². The Hall–Kier alpha value is -3.59. The van der Waals surface area contributed by atoms with Gasteiger partial charge in [-0.1, -0.05) is 6.07 Å². The van der Waals surface area contributed by atoms with Crippen LogP contribution in [0, 0.1) is 5.92 Å².